The van der Waals surface area contributed by atoms with Gasteiger partial charge in [0.25, 0.3) is 0 Å². The van der Waals surface area contributed by atoms with Crippen LogP contribution in [0.15, 0.2) is 0 Å². The molecule has 0 radical (unpaired) electrons. The maximum Gasteiger partial charge on any atom is 0.0204 e. The highest BCUT2D eigenvalue weighted by molar-refractivity contribution is 4.90. The quantitative estimate of drug-likeness (QED) is 0.663. The van der Waals surface area contributed by atoms with Gasteiger partial charge in [0.2, 0.25) is 0 Å². The number of nitrogens with zero attached hydrogens (tertiary/aromatic N) is 1. The highest BCUT2D eigenvalue weighted by Gasteiger charge is 2.34. The molecule has 1 aliphatic carbocycles. The van der Waals surface area contributed by atoms with Gasteiger partial charge < -0.3 is 5.32 Å². The zero-order valence-electron chi connectivity index (χ0n) is 8.21. The first kappa shape index (κ1) is 8.52. The molecule has 2 nitrogen and oxygen atoms in total. The molecule has 1 N–H and O–H groups in total. The summed E-state index contributed by atoms with van der Waals surface area (Å²) in [4.78, 5) is 2.67. The van der Waals surface area contributed by atoms with E-state index in [1.54, 1.807) is 0 Å². The van der Waals surface area contributed by atoms with Crippen LogP contribution in [0, 0.1) is 5.92 Å². The van der Waals surface area contributed by atoms with Gasteiger partial charge in [0.05, 0.1) is 0 Å². The van der Waals surface area contributed by atoms with Gasteiger partial charge in [0.1, 0.15) is 0 Å². The summed E-state index contributed by atoms with van der Waals surface area (Å²) in [5.74, 6) is 0.989. The molecule has 2 aliphatic rings. The van der Waals surface area contributed by atoms with E-state index in [1.165, 1.54) is 32.4 Å². The van der Waals surface area contributed by atoms with Crippen molar-refractivity contribution in [2.24, 2.45) is 5.92 Å². The molecule has 1 heterocycles. The molecule has 0 amide bonds. The van der Waals surface area contributed by atoms with E-state index in [0.717, 1.165) is 18.0 Å². The van der Waals surface area contributed by atoms with Crippen LogP contribution in [0.2, 0.25) is 0 Å². The lowest BCUT2D eigenvalue weighted by molar-refractivity contribution is 0.108. The number of nitrogens with one attached hydrogen (secondary N) is 1. The average molecular weight is 168 g/mol. The fourth-order valence-corrected chi connectivity index (χ4v) is 2.51. The Morgan fingerprint density at radius 1 is 1.33 bits per heavy atom. The molecule has 0 aromatic rings. The van der Waals surface area contributed by atoms with E-state index in [2.05, 4.69) is 24.2 Å². The van der Waals surface area contributed by atoms with Gasteiger partial charge in [0, 0.05) is 25.2 Å². The fraction of sp³-hybridized carbons (Fsp3) is 1.00. The van der Waals surface area contributed by atoms with Crippen LogP contribution < -0.4 is 5.32 Å². The summed E-state index contributed by atoms with van der Waals surface area (Å²) >= 11 is 0. The van der Waals surface area contributed by atoms with Crippen LogP contribution in [0.5, 0.6) is 0 Å². The molecule has 1 atom stereocenters. The minimum absolute atomic E-state index is 0.765. The summed E-state index contributed by atoms with van der Waals surface area (Å²) in [6, 6.07) is 1.69. The normalized spacial score (nSPS) is 43.0. The molecule has 0 aromatic heterocycles. The first-order valence-corrected chi connectivity index (χ1v) is 5.21. The molecule has 1 saturated carbocycles. The first-order chi connectivity index (χ1) is 5.79. The molecule has 2 rings (SSSR count). The summed E-state index contributed by atoms with van der Waals surface area (Å²) in [5, 5.41) is 3.37. The van der Waals surface area contributed by atoms with Gasteiger partial charge in [-0.05, 0) is 32.2 Å². The number of hydrogen-bond acceptors (Lipinski definition) is 2. The zero-order chi connectivity index (χ0) is 8.55. The highest BCUT2D eigenvalue weighted by atomic mass is 15.2. The smallest absolute Gasteiger partial charge is 0.0204 e. The molecular weight excluding hydrogens is 148 g/mol. The number of likely N-dealkylation sites (N-methyl/N-ethyl adjacent to an activating group) is 1. The second-order valence-corrected chi connectivity index (χ2v) is 4.50. The summed E-state index contributed by atoms with van der Waals surface area (Å²) in [6.45, 7) is 4.97. The van der Waals surface area contributed by atoms with Gasteiger partial charge in [0.15, 0.2) is 0 Å². The summed E-state index contributed by atoms with van der Waals surface area (Å²) in [6.07, 6.45) is 4.23. The number of hydrogen-bond donors (Lipinski definition) is 1. The predicted octanol–water partition coefficient (Wildman–Crippen LogP) is 1.08. The number of likely N-dealkylation sites (tertiary alicyclic amines) is 1. The van der Waals surface area contributed by atoms with E-state index in [4.69, 9.17) is 0 Å². The Morgan fingerprint density at radius 3 is 2.58 bits per heavy atom. The maximum atomic E-state index is 3.37. The largest absolute Gasteiger partial charge is 0.316 e. The van der Waals surface area contributed by atoms with Gasteiger partial charge >= 0.3 is 0 Å². The van der Waals surface area contributed by atoms with Crippen LogP contribution in [0.25, 0.3) is 0 Å². The third-order valence-electron chi connectivity index (χ3n) is 3.49. The minimum Gasteiger partial charge on any atom is -0.316 e. The molecule has 1 aliphatic heterocycles. The van der Waals surface area contributed by atoms with Crippen molar-refractivity contribution in [2.75, 3.05) is 20.1 Å². The lowest BCUT2D eigenvalue weighted by atomic mass is 9.81. The molecule has 0 spiro atoms. The van der Waals surface area contributed by atoms with Gasteiger partial charge in [-0.1, -0.05) is 6.92 Å². The monoisotopic (exact) mass is 168 g/mol. The molecule has 2 fully saturated rings. The Morgan fingerprint density at radius 2 is 2.08 bits per heavy atom. The van der Waals surface area contributed by atoms with Crippen molar-refractivity contribution in [2.45, 2.75) is 38.3 Å². The number of rotatable bonds is 2. The van der Waals surface area contributed by atoms with Gasteiger partial charge in [-0.3, -0.25) is 4.90 Å². The van der Waals surface area contributed by atoms with Crippen molar-refractivity contribution in [3.8, 4) is 0 Å². The van der Waals surface area contributed by atoms with Crippen LogP contribution in [0.3, 0.4) is 0 Å². The molecule has 12 heavy (non-hydrogen) atoms. The molecule has 1 unspecified atom stereocenters. The van der Waals surface area contributed by atoms with Gasteiger partial charge in [-0.15, -0.1) is 0 Å². The van der Waals surface area contributed by atoms with Crippen molar-refractivity contribution in [1.82, 2.24) is 10.2 Å². The van der Waals surface area contributed by atoms with Crippen LogP contribution in [0.1, 0.15) is 26.2 Å². The van der Waals surface area contributed by atoms with E-state index in [9.17, 15) is 0 Å². The molecule has 1 saturated heterocycles. The lowest BCUT2D eigenvalue weighted by Crippen LogP contribution is -2.43. The van der Waals surface area contributed by atoms with Crippen molar-refractivity contribution in [1.29, 1.82) is 0 Å². The standard InChI is InChI=1S/C10H20N2/c1-8-5-10(6-8)12-4-3-9(7-12)11-2/h8-11H,3-7H2,1-2H3. The van der Waals surface area contributed by atoms with Gasteiger partial charge in [-0.25, -0.2) is 0 Å². The van der Waals surface area contributed by atoms with E-state index >= 15 is 0 Å². The molecule has 0 aromatic carbocycles. The van der Waals surface area contributed by atoms with Crippen LogP contribution in [-0.4, -0.2) is 37.1 Å². The second-order valence-electron chi connectivity index (χ2n) is 4.50. The SMILES string of the molecule is CNC1CCN(C2CC(C)C2)C1. The lowest BCUT2D eigenvalue weighted by Gasteiger charge is -2.39. The Bertz CT molecular complexity index is 152. The molecule has 70 valence electrons. The van der Waals surface area contributed by atoms with Gasteiger partial charge in [-0.2, -0.15) is 0 Å². The minimum atomic E-state index is 0.765. The van der Waals surface area contributed by atoms with E-state index in [-0.39, 0.29) is 0 Å². The predicted molar refractivity (Wildman–Crippen MR) is 51.2 cm³/mol. The Labute approximate surface area is 75.3 Å². The maximum absolute atomic E-state index is 3.37. The van der Waals surface area contributed by atoms with E-state index < -0.39 is 0 Å². The second kappa shape index (κ2) is 3.35. The Kier molecular flexibility index (Phi) is 2.37. The first-order valence-electron chi connectivity index (χ1n) is 5.21. The van der Waals surface area contributed by atoms with Crippen LogP contribution >= 0.6 is 0 Å². The summed E-state index contributed by atoms with van der Waals surface area (Å²) < 4.78 is 0. The summed E-state index contributed by atoms with van der Waals surface area (Å²) in [5.41, 5.74) is 0. The molecule has 0 bridgehead atoms. The van der Waals surface area contributed by atoms with Crippen LogP contribution in [0.4, 0.5) is 0 Å². The zero-order valence-corrected chi connectivity index (χ0v) is 8.21. The third kappa shape index (κ3) is 1.50. The van der Waals surface area contributed by atoms with Crippen molar-refractivity contribution >= 4 is 0 Å². The highest BCUT2D eigenvalue weighted by Crippen LogP contribution is 2.32. The average Bonchev–Trinajstić information content (AvgIpc) is 2.46. The van der Waals surface area contributed by atoms with Crippen molar-refractivity contribution in [3.63, 3.8) is 0 Å². The van der Waals surface area contributed by atoms with Crippen LogP contribution in [-0.2, 0) is 0 Å². The Balaban J connectivity index is 1.76. The Hall–Kier alpha value is -0.0800. The van der Waals surface area contributed by atoms with Crippen molar-refractivity contribution < 1.29 is 0 Å². The summed E-state index contributed by atoms with van der Waals surface area (Å²) in [7, 11) is 2.08. The fourth-order valence-electron chi connectivity index (χ4n) is 2.51. The molecular formula is C10H20N2. The van der Waals surface area contributed by atoms with Crippen molar-refractivity contribution in [3.05, 3.63) is 0 Å². The third-order valence-corrected chi connectivity index (χ3v) is 3.49. The molecule has 2 heteroatoms. The topological polar surface area (TPSA) is 15.3 Å². The van der Waals surface area contributed by atoms with E-state index in [0.29, 0.717) is 0 Å². The van der Waals surface area contributed by atoms with E-state index in [1.807, 2.05) is 0 Å².